The summed E-state index contributed by atoms with van der Waals surface area (Å²) in [5.74, 6) is 0.0522. The lowest BCUT2D eigenvalue weighted by atomic mass is 10.2. The molecule has 0 aliphatic carbocycles. The highest BCUT2D eigenvalue weighted by molar-refractivity contribution is 5.92. The van der Waals surface area contributed by atoms with E-state index in [0.29, 0.717) is 6.42 Å². The molecule has 0 aromatic heterocycles. The van der Waals surface area contributed by atoms with Crippen LogP contribution < -0.4 is 10.6 Å². The van der Waals surface area contributed by atoms with E-state index in [2.05, 4.69) is 10.6 Å². The number of nitrogens with one attached hydrogen (secondary N) is 2. The van der Waals surface area contributed by atoms with Crippen molar-refractivity contribution in [2.45, 2.75) is 33.2 Å². The number of carbonyl (C=O) groups excluding carboxylic acids is 2. The van der Waals surface area contributed by atoms with Crippen molar-refractivity contribution in [1.29, 1.82) is 0 Å². The minimum absolute atomic E-state index is 0.000608. The molecule has 2 N–H and O–H groups in total. The van der Waals surface area contributed by atoms with Gasteiger partial charge in [0.25, 0.3) is 0 Å². The number of nitrogens with zero attached hydrogens (tertiary/aromatic N) is 1. The van der Waals surface area contributed by atoms with E-state index in [4.69, 9.17) is 0 Å². The zero-order chi connectivity index (χ0) is 16.0. The van der Waals surface area contributed by atoms with Crippen LogP contribution in [-0.4, -0.2) is 36.9 Å². The SMILES string of the molecule is CC(C)C(=O)Nc1ccc(N[C@@H](C)CC(=O)N(C)C)cc1. The molecule has 0 bridgehead atoms. The molecule has 0 radical (unpaired) electrons. The fourth-order valence-electron chi connectivity index (χ4n) is 1.72. The summed E-state index contributed by atoms with van der Waals surface area (Å²) in [5.41, 5.74) is 1.70. The highest BCUT2D eigenvalue weighted by Crippen LogP contribution is 2.16. The molecular formula is C16H25N3O2. The van der Waals surface area contributed by atoms with Crippen LogP contribution in [0.15, 0.2) is 24.3 Å². The molecule has 2 amide bonds. The fourth-order valence-corrected chi connectivity index (χ4v) is 1.72. The number of carbonyl (C=O) groups is 2. The Bertz CT molecular complexity index is 481. The Morgan fingerprint density at radius 2 is 1.57 bits per heavy atom. The Kier molecular flexibility index (Phi) is 6.21. The Labute approximate surface area is 126 Å². The quantitative estimate of drug-likeness (QED) is 0.846. The highest BCUT2D eigenvalue weighted by Gasteiger charge is 2.11. The molecule has 0 saturated heterocycles. The summed E-state index contributed by atoms with van der Waals surface area (Å²) in [4.78, 5) is 24.8. The third kappa shape index (κ3) is 5.85. The number of anilines is 2. The lowest BCUT2D eigenvalue weighted by Crippen LogP contribution is -2.28. The third-order valence-electron chi connectivity index (χ3n) is 3.07. The first kappa shape index (κ1) is 17.0. The summed E-state index contributed by atoms with van der Waals surface area (Å²) in [6, 6.07) is 7.54. The number of rotatable bonds is 6. The van der Waals surface area contributed by atoms with Crippen molar-refractivity contribution in [3.63, 3.8) is 0 Å². The van der Waals surface area contributed by atoms with Gasteiger partial charge in [-0.05, 0) is 31.2 Å². The van der Waals surface area contributed by atoms with Crippen molar-refractivity contribution in [2.75, 3.05) is 24.7 Å². The van der Waals surface area contributed by atoms with Crippen molar-refractivity contribution in [3.05, 3.63) is 24.3 Å². The lowest BCUT2D eigenvalue weighted by Gasteiger charge is -2.18. The molecule has 116 valence electrons. The highest BCUT2D eigenvalue weighted by atomic mass is 16.2. The number of hydrogen-bond acceptors (Lipinski definition) is 3. The monoisotopic (exact) mass is 291 g/mol. The van der Waals surface area contributed by atoms with Crippen LogP contribution in [0, 0.1) is 5.92 Å². The van der Waals surface area contributed by atoms with Crippen LogP contribution in [0.3, 0.4) is 0 Å². The zero-order valence-electron chi connectivity index (χ0n) is 13.4. The predicted molar refractivity (Wildman–Crippen MR) is 86.3 cm³/mol. The van der Waals surface area contributed by atoms with Crippen LogP contribution in [0.5, 0.6) is 0 Å². The van der Waals surface area contributed by atoms with Crippen LogP contribution in [0.1, 0.15) is 27.2 Å². The molecule has 5 heteroatoms. The fraction of sp³-hybridized carbons (Fsp3) is 0.500. The van der Waals surface area contributed by atoms with Gasteiger partial charge in [-0.1, -0.05) is 13.8 Å². The largest absolute Gasteiger partial charge is 0.382 e. The van der Waals surface area contributed by atoms with Gasteiger partial charge in [-0.2, -0.15) is 0 Å². The van der Waals surface area contributed by atoms with Gasteiger partial charge in [0, 0.05) is 43.9 Å². The molecule has 21 heavy (non-hydrogen) atoms. The first-order valence-corrected chi connectivity index (χ1v) is 7.17. The van der Waals surface area contributed by atoms with Gasteiger partial charge in [-0.3, -0.25) is 9.59 Å². The topological polar surface area (TPSA) is 61.4 Å². The van der Waals surface area contributed by atoms with Gasteiger partial charge in [-0.25, -0.2) is 0 Å². The maximum absolute atomic E-state index is 11.6. The van der Waals surface area contributed by atoms with E-state index in [1.165, 1.54) is 0 Å². The Balaban J connectivity index is 2.54. The third-order valence-corrected chi connectivity index (χ3v) is 3.07. The molecule has 1 rings (SSSR count). The van der Waals surface area contributed by atoms with E-state index in [1.54, 1.807) is 19.0 Å². The average molecular weight is 291 g/mol. The van der Waals surface area contributed by atoms with Gasteiger partial charge in [0.1, 0.15) is 0 Å². The number of hydrogen-bond donors (Lipinski definition) is 2. The van der Waals surface area contributed by atoms with Crippen LogP contribution in [0.25, 0.3) is 0 Å². The van der Waals surface area contributed by atoms with E-state index >= 15 is 0 Å². The second-order valence-electron chi connectivity index (χ2n) is 5.76. The van der Waals surface area contributed by atoms with Gasteiger partial charge in [0.2, 0.25) is 11.8 Å². The van der Waals surface area contributed by atoms with Gasteiger partial charge in [0.05, 0.1) is 0 Å². The average Bonchev–Trinajstić information content (AvgIpc) is 2.40. The van der Waals surface area contributed by atoms with Crippen molar-refractivity contribution in [1.82, 2.24) is 4.90 Å². The van der Waals surface area contributed by atoms with Crippen molar-refractivity contribution < 1.29 is 9.59 Å². The van der Waals surface area contributed by atoms with E-state index in [1.807, 2.05) is 45.0 Å². The molecule has 0 heterocycles. The lowest BCUT2D eigenvalue weighted by molar-refractivity contribution is -0.128. The van der Waals surface area contributed by atoms with E-state index in [0.717, 1.165) is 11.4 Å². The van der Waals surface area contributed by atoms with Gasteiger partial charge in [-0.15, -0.1) is 0 Å². The molecule has 0 aliphatic rings. The molecule has 1 atom stereocenters. The Morgan fingerprint density at radius 3 is 2.05 bits per heavy atom. The second-order valence-corrected chi connectivity index (χ2v) is 5.76. The molecule has 0 unspecified atom stereocenters. The van der Waals surface area contributed by atoms with Crippen LogP contribution in [0.4, 0.5) is 11.4 Å². The molecule has 0 saturated carbocycles. The van der Waals surface area contributed by atoms with E-state index < -0.39 is 0 Å². The first-order chi connectivity index (χ1) is 9.79. The summed E-state index contributed by atoms with van der Waals surface area (Å²) >= 11 is 0. The molecule has 5 nitrogen and oxygen atoms in total. The molecule has 0 fully saturated rings. The zero-order valence-corrected chi connectivity index (χ0v) is 13.4. The minimum Gasteiger partial charge on any atom is -0.382 e. The number of amides is 2. The Hall–Kier alpha value is -2.04. The van der Waals surface area contributed by atoms with Crippen LogP contribution in [-0.2, 0) is 9.59 Å². The van der Waals surface area contributed by atoms with Crippen LogP contribution in [0.2, 0.25) is 0 Å². The molecule has 0 aliphatic heterocycles. The van der Waals surface area contributed by atoms with Gasteiger partial charge < -0.3 is 15.5 Å². The van der Waals surface area contributed by atoms with Gasteiger partial charge >= 0.3 is 0 Å². The summed E-state index contributed by atoms with van der Waals surface area (Å²) < 4.78 is 0. The molecule has 1 aromatic carbocycles. The van der Waals surface area contributed by atoms with E-state index in [9.17, 15) is 9.59 Å². The van der Waals surface area contributed by atoms with E-state index in [-0.39, 0.29) is 23.8 Å². The summed E-state index contributed by atoms with van der Waals surface area (Å²) in [6.07, 6.45) is 0.443. The normalized spacial score (nSPS) is 11.9. The smallest absolute Gasteiger partial charge is 0.226 e. The standard InChI is InChI=1S/C16H25N3O2/c1-11(2)16(21)18-14-8-6-13(7-9-14)17-12(3)10-15(20)19(4)5/h6-9,11-12,17H,10H2,1-5H3,(H,18,21)/t12-/m0/s1. The first-order valence-electron chi connectivity index (χ1n) is 7.17. The molecular weight excluding hydrogens is 266 g/mol. The van der Waals surface area contributed by atoms with Crippen molar-refractivity contribution >= 4 is 23.2 Å². The number of benzene rings is 1. The minimum atomic E-state index is -0.0418. The van der Waals surface area contributed by atoms with Gasteiger partial charge in [0.15, 0.2) is 0 Å². The predicted octanol–water partition coefficient (Wildman–Crippen LogP) is 2.56. The molecule has 1 aromatic rings. The maximum Gasteiger partial charge on any atom is 0.226 e. The van der Waals surface area contributed by atoms with Crippen LogP contribution >= 0.6 is 0 Å². The molecule has 0 spiro atoms. The summed E-state index contributed by atoms with van der Waals surface area (Å²) in [6.45, 7) is 5.68. The van der Waals surface area contributed by atoms with Crippen molar-refractivity contribution in [2.24, 2.45) is 5.92 Å². The summed E-state index contributed by atoms with van der Waals surface area (Å²) in [5, 5.41) is 6.11. The maximum atomic E-state index is 11.6. The second kappa shape index (κ2) is 7.67. The summed E-state index contributed by atoms with van der Waals surface area (Å²) in [7, 11) is 3.50. The van der Waals surface area contributed by atoms with Crippen molar-refractivity contribution in [3.8, 4) is 0 Å². The Morgan fingerprint density at radius 1 is 1.05 bits per heavy atom.